The molecule has 1 aromatic rings. The van der Waals surface area contributed by atoms with Gasteiger partial charge in [0.15, 0.2) is 0 Å². The number of aromatic nitrogens is 2. The van der Waals surface area contributed by atoms with E-state index >= 15 is 0 Å². The van der Waals surface area contributed by atoms with Gasteiger partial charge in [-0.2, -0.15) is 0 Å². The minimum absolute atomic E-state index is 0.112. The average molecular weight is 249 g/mol. The Morgan fingerprint density at radius 1 is 1.39 bits per heavy atom. The predicted octanol–water partition coefficient (Wildman–Crippen LogP) is -0.754. The van der Waals surface area contributed by atoms with Crippen LogP contribution in [0.3, 0.4) is 0 Å². The molecule has 0 spiro atoms. The van der Waals surface area contributed by atoms with Crippen LogP contribution in [0.1, 0.15) is 17.8 Å². The Kier molecular flexibility index (Phi) is 3.29. The lowest BCUT2D eigenvalue weighted by Gasteiger charge is -2.28. The summed E-state index contributed by atoms with van der Waals surface area (Å²) in [4.78, 5) is 21.8. The minimum atomic E-state index is -0.112. The normalized spacial score (nSPS) is 24.4. The van der Waals surface area contributed by atoms with Crippen molar-refractivity contribution in [2.75, 3.05) is 26.2 Å². The number of nitrogens with zero attached hydrogens (tertiary/aromatic N) is 2. The van der Waals surface area contributed by atoms with E-state index in [0.717, 1.165) is 44.0 Å². The maximum atomic E-state index is 12.4. The van der Waals surface area contributed by atoms with Crippen molar-refractivity contribution in [3.63, 3.8) is 0 Å². The van der Waals surface area contributed by atoms with Crippen molar-refractivity contribution in [2.24, 2.45) is 0 Å². The van der Waals surface area contributed by atoms with Crippen LogP contribution in [0.2, 0.25) is 0 Å². The van der Waals surface area contributed by atoms with Gasteiger partial charge in [0.05, 0.1) is 23.8 Å². The zero-order valence-corrected chi connectivity index (χ0v) is 10.4. The third-order valence-corrected chi connectivity index (χ3v) is 3.68. The second-order valence-electron chi connectivity index (χ2n) is 4.89. The maximum Gasteiger partial charge on any atom is 0.240 e. The Morgan fingerprint density at radius 3 is 3.28 bits per heavy atom. The van der Waals surface area contributed by atoms with Crippen LogP contribution in [0.15, 0.2) is 6.33 Å². The standard InChI is InChI=1S/C12H19N5O/c18-12(17-4-1-2-13-3-5-17)10-6-9-11(7-14-10)16-8-15-9/h8,10,13-14H,1-7H2,(H,15,16). The van der Waals surface area contributed by atoms with Crippen LogP contribution in [0.25, 0.3) is 0 Å². The number of nitrogens with one attached hydrogen (secondary N) is 3. The molecule has 1 fully saturated rings. The molecule has 0 aliphatic carbocycles. The van der Waals surface area contributed by atoms with E-state index in [0.29, 0.717) is 13.0 Å². The summed E-state index contributed by atoms with van der Waals surface area (Å²) >= 11 is 0. The number of imidazole rings is 1. The van der Waals surface area contributed by atoms with Crippen LogP contribution in [0.5, 0.6) is 0 Å². The van der Waals surface area contributed by atoms with Crippen LogP contribution in [-0.4, -0.2) is 53.0 Å². The van der Waals surface area contributed by atoms with Gasteiger partial charge in [0.25, 0.3) is 0 Å². The molecular formula is C12H19N5O. The average Bonchev–Trinajstić information content (AvgIpc) is 2.69. The summed E-state index contributed by atoms with van der Waals surface area (Å²) in [7, 11) is 0. The molecule has 1 amide bonds. The van der Waals surface area contributed by atoms with Crippen molar-refractivity contribution in [1.82, 2.24) is 25.5 Å². The van der Waals surface area contributed by atoms with Gasteiger partial charge in [-0.05, 0) is 13.0 Å². The molecule has 1 unspecified atom stereocenters. The fourth-order valence-electron chi connectivity index (χ4n) is 2.63. The molecule has 2 aliphatic rings. The lowest BCUT2D eigenvalue weighted by molar-refractivity contribution is -0.133. The first-order chi connectivity index (χ1) is 8.84. The molecule has 98 valence electrons. The van der Waals surface area contributed by atoms with Crippen molar-refractivity contribution in [2.45, 2.75) is 25.4 Å². The number of hydrogen-bond acceptors (Lipinski definition) is 4. The zero-order chi connectivity index (χ0) is 12.4. The van der Waals surface area contributed by atoms with E-state index in [1.807, 2.05) is 4.90 Å². The molecule has 0 radical (unpaired) electrons. The molecule has 18 heavy (non-hydrogen) atoms. The molecule has 0 aromatic carbocycles. The van der Waals surface area contributed by atoms with Crippen molar-refractivity contribution in [3.05, 3.63) is 17.7 Å². The lowest BCUT2D eigenvalue weighted by atomic mass is 10.0. The zero-order valence-electron chi connectivity index (χ0n) is 10.4. The number of carbonyl (C=O) groups excluding carboxylic acids is 1. The van der Waals surface area contributed by atoms with Gasteiger partial charge in [-0.1, -0.05) is 0 Å². The van der Waals surface area contributed by atoms with Crippen LogP contribution in [0.4, 0.5) is 0 Å². The summed E-state index contributed by atoms with van der Waals surface area (Å²) in [6, 6.07) is -0.112. The van der Waals surface area contributed by atoms with Gasteiger partial charge in [-0.25, -0.2) is 4.98 Å². The molecule has 6 heteroatoms. The molecule has 0 bridgehead atoms. The minimum Gasteiger partial charge on any atom is -0.347 e. The van der Waals surface area contributed by atoms with E-state index in [9.17, 15) is 4.79 Å². The molecule has 1 saturated heterocycles. The molecule has 2 aliphatic heterocycles. The number of hydrogen-bond donors (Lipinski definition) is 3. The highest BCUT2D eigenvalue weighted by Gasteiger charge is 2.29. The van der Waals surface area contributed by atoms with E-state index in [1.165, 1.54) is 0 Å². The van der Waals surface area contributed by atoms with E-state index in [-0.39, 0.29) is 11.9 Å². The topological polar surface area (TPSA) is 73.0 Å². The third kappa shape index (κ3) is 2.26. The summed E-state index contributed by atoms with van der Waals surface area (Å²) < 4.78 is 0. The fraction of sp³-hybridized carbons (Fsp3) is 0.667. The summed E-state index contributed by atoms with van der Waals surface area (Å²) in [5, 5.41) is 6.61. The van der Waals surface area contributed by atoms with Gasteiger partial charge in [0, 0.05) is 32.6 Å². The summed E-state index contributed by atoms with van der Waals surface area (Å²) in [6.07, 6.45) is 3.43. The predicted molar refractivity (Wildman–Crippen MR) is 67.0 cm³/mol. The first-order valence-corrected chi connectivity index (χ1v) is 6.58. The molecular weight excluding hydrogens is 230 g/mol. The van der Waals surface area contributed by atoms with Gasteiger partial charge in [0.1, 0.15) is 0 Å². The van der Waals surface area contributed by atoms with Gasteiger partial charge in [-0.15, -0.1) is 0 Å². The van der Waals surface area contributed by atoms with E-state index in [2.05, 4.69) is 20.6 Å². The molecule has 3 rings (SSSR count). The first-order valence-electron chi connectivity index (χ1n) is 6.58. The molecule has 0 saturated carbocycles. The number of rotatable bonds is 1. The van der Waals surface area contributed by atoms with Gasteiger partial charge >= 0.3 is 0 Å². The molecule has 1 atom stereocenters. The smallest absolute Gasteiger partial charge is 0.240 e. The Labute approximate surface area is 106 Å². The number of amides is 1. The van der Waals surface area contributed by atoms with E-state index in [1.54, 1.807) is 6.33 Å². The van der Waals surface area contributed by atoms with Crippen molar-refractivity contribution in [1.29, 1.82) is 0 Å². The molecule has 3 N–H and O–H groups in total. The second kappa shape index (κ2) is 5.07. The summed E-state index contributed by atoms with van der Waals surface area (Å²) in [5.41, 5.74) is 2.14. The Morgan fingerprint density at radius 2 is 2.33 bits per heavy atom. The Hall–Kier alpha value is -1.40. The van der Waals surface area contributed by atoms with Gasteiger partial charge in [-0.3, -0.25) is 10.1 Å². The van der Waals surface area contributed by atoms with Crippen LogP contribution >= 0.6 is 0 Å². The number of fused-ring (bicyclic) bond motifs is 1. The van der Waals surface area contributed by atoms with Crippen LogP contribution in [0, 0.1) is 0 Å². The molecule has 6 nitrogen and oxygen atoms in total. The Bertz CT molecular complexity index is 422. The van der Waals surface area contributed by atoms with E-state index in [4.69, 9.17) is 0 Å². The monoisotopic (exact) mass is 249 g/mol. The largest absolute Gasteiger partial charge is 0.347 e. The second-order valence-corrected chi connectivity index (χ2v) is 4.89. The highest BCUT2D eigenvalue weighted by molar-refractivity contribution is 5.82. The SMILES string of the molecule is O=C(C1Cc2nc[nH]c2CN1)N1CCCNCC1. The van der Waals surface area contributed by atoms with Gasteiger partial charge in [0.2, 0.25) is 5.91 Å². The van der Waals surface area contributed by atoms with Crippen LogP contribution < -0.4 is 10.6 Å². The van der Waals surface area contributed by atoms with Crippen molar-refractivity contribution >= 4 is 5.91 Å². The summed E-state index contributed by atoms with van der Waals surface area (Å²) in [5.74, 6) is 0.215. The fourth-order valence-corrected chi connectivity index (χ4v) is 2.63. The maximum absolute atomic E-state index is 12.4. The van der Waals surface area contributed by atoms with Crippen LogP contribution in [-0.2, 0) is 17.8 Å². The van der Waals surface area contributed by atoms with E-state index < -0.39 is 0 Å². The number of carbonyl (C=O) groups is 1. The van der Waals surface area contributed by atoms with Crippen molar-refractivity contribution in [3.8, 4) is 0 Å². The Balaban J connectivity index is 1.66. The van der Waals surface area contributed by atoms with Crippen molar-refractivity contribution < 1.29 is 4.79 Å². The summed E-state index contributed by atoms with van der Waals surface area (Å²) in [6.45, 7) is 4.28. The quantitative estimate of drug-likeness (QED) is 0.612. The number of H-pyrrole nitrogens is 1. The highest BCUT2D eigenvalue weighted by Crippen LogP contribution is 2.14. The first kappa shape index (κ1) is 11.7. The third-order valence-electron chi connectivity index (χ3n) is 3.68. The lowest BCUT2D eigenvalue weighted by Crippen LogP contribution is -2.50. The highest BCUT2D eigenvalue weighted by atomic mass is 16.2. The molecule has 1 aromatic heterocycles. The van der Waals surface area contributed by atoms with Gasteiger partial charge < -0.3 is 15.2 Å². The number of aromatic amines is 1. The molecule has 3 heterocycles.